The molecule has 2 aromatic rings. The Morgan fingerprint density at radius 1 is 1.22 bits per heavy atom. The van der Waals surface area contributed by atoms with Crippen molar-refractivity contribution in [3.05, 3.63) is 48.8 Å². The van der Waals surface area contributed by atoms with Crippen molar-refractivity contribution in [2.75, 3.05) is 25.0 Å². The second-order valence-electron chi connectivity index (χ2n) is 4.77. The zero-order valence-electron chi connectivity index (χ0n) is 12.3. The van der Waals surface area contributed by atoms with Gasteiger partial charge in [0.05, 0.1) is 18.8 Å². The van der Waals surface area contributed by atoms with Crippen LogP contribution in [0.4, 0.5) is 19.3 Å². The minimum absolute atomic E-state index is 0.159. The van der Waals surface area contributed by atoms with Gasteiger partial charge in [-0.15, -0.1) is 0 Å². The highest BCUT2D eigenvalue weighted by molar-refractivity contribution is 5.94. The van der Waals surface area contributed by atoms with Crippen LogP contribution >= 0.6 is 0 Å². The van der Waals surface area contributed by atoms with Crippen molar-refractivity contribution < 1.29 is 18.7 Å². The number of carbonyl (C=O) groups is 1. The summed E-state index contributed by atoms with van der Waals surface area (Å²) in [5.74, 6) is 0. The van der Waals surface area contributed by atoms with E-state index in [0.29, 0.717) is 5.69 Å². The van der Waals surface area contributed by atoms with Crippen LogP contribution in [0.25, 0.3) is 11.1 Å². The average molecular weight is 321 g/mol. The van der Waals surface area contributed by atoms with Gasteiger partial charge in [-0.25, -0.2) is 13.6 Å². The van der Waals surface area contributed by atoms with Crippen LogP contribution in [0.1, 0.15) is 0 Å². The first-order chi connectivity index (χ1) is 11.1. The summed E-state index contributed by atoms with van der Waals surface area (Å²) >= 11 is 0. The van der Waals surface area contributed by atoms with Crippen LogP contribution in [0, 0.1) is 0 Å². The summed E-state index contributed by atoms with van der Waals surface area (Å²) < 4.78 is 25.1. The molecule has 0 aliphatic carbocycles. The number of nitrogens with one attached hydrogen (secondary N) is 1. The van der Waals surface area contributed by atoms with Crippen LogP contribution in [-0.4, -0.2) is 47.1 Å². The number of anilines is 1. The second-order valence-corrected chi connectivity index (χ2v) is 4.77. The number of aromatic nitrogens is 1. The van der Waals surface area contributed by atoms with Crippen LogP contribution in [0.5, 0.6) is 0 Å². The number of alkyl halides is 2. The van der Waals surface area contributed by atoms with Crippen molar-refractivity contribution in [2.24, 2.45) is 0 Å². The largest absolute Gasteiger partial charge is 0.395 e. The van der Waals surface area contributed by atoms with Gasteiger partial charge in [0, 0.05) is 24.5 Å². The lowest BCUT2D eigenvalue weighted by Crippen LogP contribution is -2.40. The first-order valence-electron chi connectivity index (χ1n) is 7.06. The third kappa shape index (κ3) is 4.72. The molecule has 1 aromatic heterocycles. The smallest absolute Gasteiger partial charge is 0.322 e. The first kappa shape index (κ1) is 16.8. The molecule has 23 heavy (non-hydrogen) atoms. The van der Waals surface area contributed by atoms with E-state index in [9.17, 15) is 13.6 Å². The molecule has 122 valence electrons. The Labute approximate surface area is 132 Å². The summed E-state index contributed by atoms with van der Waals surface area (Å²) in [5.41, 5.74) is 2.10. The van der Waals surface area contributed by atoms with Crippen molar-refractivity contribution in [2.45, 2.75) is 6.43 Å². The quantitative estimate of drug-likeness (QED) is 0.860. The predicted molar refractivity (Wildman–Crippen MR) is 83.4 cm³/mol. The van der Waals surface area contributed by atoms with Gasteiger partial charge in [0.2, 0.25) is 0 Å². The highest BCUT2D eigenvalue weighted by Crippen LogP contribution is 2.27. The average Bonchev–Trinajstić information content (AvgIpc) is 2.55. The molecule has 1 aromatic carbocycles. The van der Waals surface area contributed by atoms with Gasteiger partial charge >= 0.3 is 6.03 Å². The SMILES string of the molecule is O=C(Nc1ccccc1-c1ccncc1)N(CCO)CC(F)F. The lowest BCUT2D eigenvalue weighted by Gasteiger charge is -2.22. The molecule has 0 aliphatic rings. The normalized spacial score (nSPS) is 10.6. The summed E-state index contributed by atoms with van der Waals surface area (Å²) in [6, 6.07) is 9.95. The van der Waals surface area contributed by atoms with Gasteiger partial charge in [-0.3, -0.25) is 4.98 Å². The molecule has 0 saturated carbocycles. The van der Waals surface area contributed by atoms with Gasteiger partial charge < -0.3 is 15.3 Å². The molecule has 0 bridgehead atoms. The number of benzene rings is 1. The molecule has 7 heteroatoms. The molecule has 0 aliphatic heterocycles. The number of aliphatic hydroxyl groups excluding tert-OH is 1. The molecule has 2 N–H and O–H groups in total. The highest BCUT2D eigenvalue weighted by Gasteiger charge is 2.18. The molecule has 1 heterocycles. The Hall–Kier alpha value is -2.54. The number of urea groups is 1. The molecule has 0 fully saturated rings. The molecule has 0 spiro atoms. The standard InChI is InChI=1S/C16H17F2N3O2/c17-15(18)11-21(9-10-22)16(23)20-14-4-2-1-3-13(14)12-5-7-19-8-6-12/h1-8,15,22H,9-11H2,(H,20,23). The van der Waals surface area contributed by atoms with E-state index < -0.39 is 19.0 Å². The second kappa shape index (κ2) is 8.19. The molecule has 0 unspecified atom stereocenters. The first-order valence-corrected chi connectivity index (χ1v) is 7.06. The molecule has 0 atom stereocenters. The minimum atomic E-state index is -2.66. The van der Waals surface area contributed by atoms with Crippen LogP contribution < -0.4 is 5.32 Å². The van der Waals surface area contributed by atoms with E-state index in [1.165, 1.54) is 0 Å². The van der Waals surface area contributed by atoms with Gasteiger partial charge in [-0.1, -0.05) is 18.2 Å². The fourth-order valence-electron chi connectivity index (χ4n) is 2.13. The molecule has 0 saturated heterocycles. The van der Waals surface area contributed by atoms with E-state index >= 15 is 0 Å². The third-order valence-corrected chi connectivity index (χ3v) is 3.18. The van der Waals surface area contributed by atoms with Crippen molar-refractivity contribution in [3.63, 3.8) is 0 Å². The Kier molecular flexibility index (Phi) is 5.99. The summed E-state index contributed by atoms with van der Waals surface area (Å²) in [6.07, 6.45) is 0.591. The van der Waals surface area contributed by atoms with Crippen LogP contribution in [-0.2, 0) is 0 Å². The Morgan fingerprint density at radius 2 is 1.91 bits per heavy atom. The van der Waals surface area contributed by atoms with Gasteiger partial charge in [0.1, 0.15) is 0 Å². The van der Waals surface area contributed by atoms with E-state index in [0.717, 1.165) is 16.0 Å². The van der Waals surface area contributed by atoms with Crippen molar-refractivity contribution in [1.29, 1.82) is 0 Å². The maximum Gasteiger partial charge on any atom is 0.322 e. The molecular formula is C16H17F2N3O2. The van der Waals surface area contributed by atoms with Crippen LogP contribution in [0.3, 0.4) is 0 Å². The number of halogens is 2. The number of aliphatic hydroxyl groups is 1. The van der Waals surface area contributed by atoms with Crippen molar-refractivity contribution in [1.82, 2.24) is 9.88 Å². The number of pyridine rings is 1. The zero-order chi connectivity index (χ0) is 16.7. The van der Waals surface area contributed by atoms with E-state index in [2.05, 4.69) is 10.3 Å². The Morgan fingerprint density at radius 3 is 2.57 bits per heavy atom. The fraction of sp³-hybridized carbons (Fsp3) is 0.250. The molecule has 5 nitrogen and oxygen atoms in total. The summed E-state index contributed by atoms with van der Waals surface area (Å²) in [5, 5.41) is 11.5. The lowest BCUT2D eigenvalue weighted by atomic mass is 10.1. The fourth-order valence-corrected chi connectivity index (χ4v) is 2.13. The third-order valence-electron chi connectivity index (χ3n) is 3.18. The number of rotatable bonds is 6. The minimum Gasteiger partial charge on any atom is -0.395 e. The Bertz CT molecular complexity index is 638. The highest BCUT2D eigenvalue weighted by atomic mass is 19.3. The van der Waals surface area contributed by atoms with E-state index in [1.807, 2.05) is 12.1 Å². The topological polar surface area (TPSA) is 65.5 Å². The number of carbonyl (C=O) groups excluding carboxylic acids is 1. The monoisotopic (exact) mass is 321 g/mol. The Balaban J connectivity index is 2.21. The molecular weight excluding hydrogens is 304 g/mol. The van der Waals surface area contributed by atoms with E-state index in [4.69, 9.17) is 5.11 Å². The van der Waals surface area contributed by atoms with Crippen LogP contribution in [0.15, 0.2) is 48.8 Å². The maximum absolute atomic E-state index is 12.5. The lowest BCUT2D eigenvalue weighted by molar-refractivity contribution is 0.0943. The van der Waals surface area contributed by atoms with E-state index in [-0.39, 0.29) is 13.2 Å². The summed E-state index contributed by atoms with van der Waals surface area (Å²) in [6.45, 7) is -1.27. The number of para-hydroxylation sites is 1. The summed E-state index contributed by atoms with van der Waals surface area (Å²) in [4.78, 5) is 17.0. The summed E-state index contributed by atoms with van der Waals surface area (Å²) in [7, 11) is 0. The molecule has 2 rings (SSSR count). The predicted octanol–water partition coefficient (Wildman–Crippen LogP) is 2.84. The van der Waals surface area contributed by atoms with E-state index in [1.54, 1.807) is 36.7 Å². The zero-order valence-corrected chi connectivity index (χ0v) is 12.3. The van der Waals surface area contributed by atoms with Gasteiger partial charge in [-0.2, -0.15) is 0 Å². The number of hydrogen-bond acceptors (Lipinski definition) is 3. The number of hydrogen-bond donors (Lipinski definition) is 2. The number of nitrogens with zero attached hydrogens (tertiary/aromatic N) is 2. The molecule has 0 radical (unpaired) electrons. The maximum atomic E-state index is 12.5. The van der Waals surface area contributed by atoms with Crippen LogP contribution in [0.2, 0.25) is 0 Å². The van der Waals surface area contributed by atoms with Gasteiger partial charge in [0.15, 0.2) is 0 Å². The number of amides is 2. The van der Waals surface area contributed by atoms with Crippen molar-refractivity contribution >= 4 is 11.7 Å². The van der Waals surface area contributed by atoms with Crippen molar-refractivity contribution in [3.8, 4) is 11.1 Å². The van der Waals surface area contributed by atoms with Gasteiger partial charge in [0.25, 0.3) is 6.43 Å². The molecule has 2 amide bonds. The van der Waals surface area contributed by atoms with Gasteiger partial charge in [-0.05, 0) is 23.8 Å².